The maximum absolute atomic E-state index is 10.7. The highest BCUT2D eigenvalue weighted by atomic mass is 32.2. The Bertz CT molecular complexity index is 493. The molecule has 1 aliphatic rings. The van der Waals surface area contributed by atoms with Gasteiger partial charge in [0.15, 0.2) is 5.16 Å². The normalized spacial score (nSPS) is 20.0. The highest BCUT2D eigenvalue weighted by Gasteiger charge is 2.26. The van der Waals surface area contributed by atoms with Gasteiger partial charge in [0.05, 0.1) is 5.75 Å². The minimum Gasteiger partial charge on any atom is -0.481 e. The van der Waals surface area contributed by atoms with Gasteiger partial charge in [-0.2, -0.15) is 0 Å². The predicted octanol–water partition coefficient (Wildman–Crippen LogP) is 1.01. The fourth-order valence-electron chi connectivity index (χ4n) is 2.67. The minimum atomic E-state index is -0.836. The summed E-state index contributed by atoms with van der Waals surface area (Å²) in [5.41, 5.74) is 0. The number of carboxylic acid groups (broad SMARTS) is 1. The van der Waals surface area contributed by atoms with Crippen LogP contribution in [0.5, 0.6) is 0 Å². The highest BCUT2D eigenvalue weighted by Crippen LogP contribution is 2.23. The lowest BCUT2D eigenvalue weighted by atomic mass is 10.2. The van der Waals surface area contributed by atoms with Gasteiger partial charge in [0.25, 0.3) is 0 Å². The molecule has 0 aliphatic carbocycles. The van der Waals surface area contributed by atoms with Crippen LogP contribution in [-0.4, -0.2) is 68.7 Å². The van der Waals surface area contributed by atoms with E-state index >= 15 is 0 Å². The molecule has 118 valence electrons. The van der Waals surface area contributed by atoms with Gasteiger partial charge >= 0.3 is 5.97 Å². The maximum atomic E-state index is 10.7. The SMILES string of the molecule is CCN1CCN(c2nnc(SCC(=O)O)n2CC)CC1C. The molecule has 0 radical (unpaired) electrons. The number of hydrogen-bond acceptors (Lipinski definition) is 6. The second kappa shape index (κ2) is 7.13. The Morgan fingerprint density at radius 1 is 1.33 bits per heavy atom. The van der Waals surface area contributed by atoms with E-state index in [1.54, 1.807) is 0 Å². The molecule has 0 saturated carbocycles. The summed E-state index contributed by atoms with van der Waals surface area (Å²) < 4.78 is 2.00. The summed E-state index contributed by atoms with van der Waals surface area (Å²) in [5, 5.41) is 17.9. The van der Waals surface area contributed by atoms with Crippen molar-refractivity contribution in [3.05, 3.63) is 0 Å². The zero-order valence-corrected chi connectivity index (χ0v) is 13.6. The van der Waals surface area contributed by atoms with Crippen molar-refractivity contribution in [3.8, 4) is 0 Å². The fourth-order valence-corrected chi connectivity index (χ4v) is 3.39. The Balaban J connectivity index is 2.11. The number of thioether (sulfide) groups is 1. The summed E-state index contributed by atoms with van der Waals surface area (Å²) in [6.07, 6.45) is 0. The molecule has 1 aromatic heterocycles. The molecule has 0 amide bonds. The van der Waals surface area contributed by atoms with Gasteiger partial charge < -0.3 is 10.0 Å². The van der Waals surface area contributed by atoms with Crippen molar-refractivity contribution in [1.82, 2.24) is 19.7 Å². The molecular weight excluding hydrogens is 290 g/mol. The monoisotopic (exact) mass is 313 g/mol. The third kappa shape index (κ3) is 3.68. The summed E-state index contributed by atoms with van der Waals surface area (Å²) in [4.78, 5) is 15.4. The van der Waals surface area contributed by atoms with E-state index in [2.05, 4.69) is 33.8 Å². The molecule has 0 bridgehead atoms. The van der Waals surface area contributed by atoms with Gasteiger partial charge in [-0.05, 0) is 20.4 Å². The van der Waals surface area contributed by atoms with Crippen LogP contribution < -0.4 is 4.90 Å². The molecule has 0 aromatic carbocycles. The molecule has 1 aliphatic heterocycles. The number of carboxylic acids is 1. The Hall–Kier alpha value is -1.28. The summed E-state index contributed by atoms with van der Waals surface area (Å²) in [6.45, 7) is 11.1. The van der Waals surface area contributed by atoms with Crippen LogP contribution in [0, 0.1) is 0 Å². The van der Waals surface area contributed by atoms with Gasteiger partial charge in [-0.25, -0.2) is 0 Å². The number of carbonyl (C=O) groups is 1. The summed E-state index contributed by atoms with van der Waals surface area (Å²) in [7, 11) is 0. The summed E-state index contributed by atoms with van der Waals surface area (Å²) >= 11 is 1.22. The number of anilines is 1. The van der Waals surface area contributed by atoms with E-state index in [1.807, 2.05) is 11.5 Å². The van der Waals surface area contributed by atoms with Crippen LogP contribution in [0.25, 0.3) is 0 Å². The fraction of sp³-hybridized carbons (Fsp3) is 0.769. The third-order valence-corrected chi connectivity index (χ3v) is 4.74. The predicted molar refractivity (Wildman–Crippen MR) is 83.0 cm³/mol. The second-order valence-corrected chi connectivity index (χ2v) is 6.08. The quantitative estimate of drug-likeness (QED) is 0.785. The second-order valence-electron chi connectivity index (χ2n) is 5.13. The number of hydrogen-bond donors (Lipinski definition) is 1. The first-order valence-corrected chi connectivity index (χ1v) is 8.32. The summed E-state index contributed by atoms with van der Waals surface area (Å²) in [6, 6.07) is 0.487. The van der Waals surface area contributed by atoms with E-state index in [0.717, 1.165) is 38.7 Å². The van der Waals surface area contributed by atoms with E-state index in [0.29, 0.717) is 11.2 Å². The molecule has 1 aromatic rings. The molecule has 21 heavy (non-hydrogen) atoms. The number of likely N-dealkylation sites (N-methyl/N-ethyl adjacent to an activating group) is 1. The van der Waals surface area contributed by atoms with Gasteiger partial charge in [0.1, 0.15) is 0 Å². The van der Waals surface area contributed by atoms with Crippen molar-refractivity contribution in [3.63, 3.8) is 0 Å². The minimum absolute atomic E-state index is 0.0121. The topological polar surface area (TPSA) is 74.5 Å². The molecule has 1 saturated heterocycles. The van der Waals surface area contributed by atoms with Crippen molar-refractivity contribution in [2.75, 3.05) is 36.8 Å². The summed E-state index contributed by atoms with van der Waals surface area (Å²) in [5.74, 6) is 0.0309. The lowest BCUT2D eigenvalue weighted by molar-refractivity contribution is -0.133. The Morgan fingerprint density at radius 3 is 2.67 bits per heavy atom. The zero-order chi connectivity index (χ0) is 15.4. The molecule has 1 atom stereocenters. The lowest BCUT2D eigenvalue weighted by Gasteiger charge is -2.39. The van der Waals surface area contributed by atoms with E-state index < -0.39 is 5.97 Å². The van der Waals surface area contributed by atoms with Crippen molar-refractivity contribution in [2.45, 2.75) is 38.5 Å². The molecule has 1 unspecified atom stereocenters. The number of piperazine rings is 1. The Morgan fingerprint density at radius 2 is 2.10 bits per heavy atom. The van der Waals surface area contributed by atoms with Crippen molar-refractivity contribution >= 4 is 23.7 Å². The first-order valence-electron chi connectivity index (χ1n) is 7.33. The van der Waals surface area contributed by atoms with Crippen molar-refractivity contribution in [1.29, 1.82) is 0 Å². The lowest BCUT2D eigenvalue weighted by Crippen LogP contribution is -2.52. The molecule has 2 rings (SSSR count). The number of rotatable bonds is 6. The van der Waals surface area contributed by atoms with E-state index in [1.165, 1.54) is 11.8 Å². The smallest absolute Gasteiger partial charge is 0.313 e. The molecule has 2 heterocycles. The van der Waals surface area contributed by atoms with Crippen LogP contribution in [0.3, 0.4) is 0 Å². The largest absolute Gasteiger partial charge is 0.481 e. The molecule has 1 N–H and O–H groups in total. The Labute approximate surface area is 129 Å². The number of nitrogens with zero attached hydrogens (tertiary/aromatic N) is 5. The molecular formula is C13H23N5O2S. The molecule has 8 heteroatoms. The van der Waals surface area contributed by atoms with Gasteiger partial charge in [0, 0.05) is 32.2 Å². The zero-order valence-electron chi connectivity index (χ0n) is 12.8. The van der Waals surface area contributed by atoms with E-state index in [4.69, 9.17) is 5.11 Å². The molecule has 0 spiro atoms. The van der Waals surface area contributed by atoms with Crippen LogP contribution in [0.15, 0.2) is 5.16 Å². The van der Waals surface area contributed by atoms with Crippen LogP contribution in [0.2, 0.25) is 0 Å². The highest BCUT2D eigenvalue weighted by molar-refractivity contribution is 7.99. The van der Waals surface area contributed by atoms with Crippen molar-refractivity contribution in [2.24, 2.45) is 0 Å². The maximum Gasteiger partial charge on any atom is 0.313 e. The first-order chi connectivity index (χ1) is 10.1. The first kappa shape index (κ1) is 16.1. The van der Waals surface area contributed by atoms with E-state index in [-0.39, 0.29) is 5.75 Å². The average molecular weight is 313 g/mol. The van der Waals surface area contributed by atoms with Gasteiger partial charge in [0.2, 0.25) is 5.95 Å². The molecule has 1 fully saturated rings. The van der Waals surface area contributed by atoms with Crippen LogP contribution in [0.4, 0.5) is 5.95 Å². The average Bonchev–Trinajstić information content (AvgIpc) is 2.87. The number of aliphatic carboxylic acids is 1. The van der Waals surface area contributed by atoms with Gasteiger partial charge in [-0.15, -0.1) is 10.2 Å². The van der Waals surface area contributed by atoms with Crippen LogP contribution in [0.1, 0.15) is 20.8 Å². The van der Waals surface area contributed by atoms with Crippen molar-refractivity contribution < 1.29 is 9.90 Å². The Kier molecular flexibility index (Phi) is 5.46. The standard InChI is InChI=1S/C13H23N5O2S/c1-4-16-6-7-17(8-10(16)3)12-14-15-13(18(12)5-2)21-9-11(19)20/h10H,4-9H2,1-3H3,(H,19,20). The third-order valence-electron chi connectivity index (χ3n) is 3.79. The van der Waals surface area contributed by atoms with Gasteiger partial charge in [-0.3, -0.25) is 14.3 Å². The molecule has 7 nitrogen and oxygen atoms in total. The van der Waals surface area contributed by atoms with Crippen LogP contribution in [-0.2, 0) is 11.3 Å². The number of aromatic nitrogens is 3. The van der Waals surface area contributed by atoms with E-state index in [9.17, 15) is 4.79 Å². The van der Waals surface area contributed by atoms with Crippen LogP contribution >= 0.6 is 11.8 Å². The van der Waals surface area contributed by atoms with Gasteiger partial charge in [-0.1, -0.05) is 18.7 Å².